The Hall–Kier alpha value is -0.770. The number of likely N-dealkylation sites (tertiary alicyclic amines) is 1. The van der Waals surface area contributed by atoms with Crippen molar-refractivity contribution >= 4 is 6.09 Å². The van der Waals surface area contributed by atoms with Gasteiger partial charge in [-0.05, 0) is 39.7 Å². The Labute approximate surface area is 124 Å². The first-order valence-corrected chi connectivity index (χ1v) is 8.07. The number of carbonyl (C=O) groups is 1. The van der Waals surface area contributed by atoms with Crippen molar-refractivity contribution in [3.8, 4) is 0 Å². The van der Waals surface area contributed by atoms with Crippen molar-refractivity contribution in [2.75, 3.05) is 19.6 Å². The Morgan fingerprint density at radius 2 is 2.00 bits per heavy atom. The fourth-order valence-corrected chi connectivity index (χ4v) is 2.36. The van der Waals surface area contributed by atoms with Crippen molar-refractivity contribution in [2.45, 2.75) is 71.9 Å². The molecule has 0 radical (unpaired) electrons. The molecule has 1 N–H and O–H groups in total. The average molecular weight is 284 g/mol. The molecular formula is C16H32N2O2. The zero-order valence-corrected chi connectivity index (χ0v) is 13.9. The summed E-state index contributed by atoms with van der Waals surface area (Å²) in [6.45, 7) is 12.8. The van der Waals surface area contributed by atoms with Gasteiger partial charge in [-0.1, -0.05) is 33.1 Å². The molecule has 1 heterocycles. The van der Waals surface area contributed by atoms with Gasteiger partial charge in [-0.25, -0.2) is 4.79 Å². The van der Waals surface area contributed by atoms with Gasteiger partial charge in [0.15, 0.2) is 0 Å². The minimum Gasteiger partial charge on any atom is -0.444 e. The molecule has 4 heteroatoms. The van der Waals surface area contributed by atoms with E-state index in [0.717, 1.165) is 25.6 Å². The van der Waals surface area contributed by atoms with Crippen LogP contribution in [0, 0.1) is 5.92 Å². The molecule has 1 aliphatic rings. The van der Waals surface area contributed by atoms with Crippen LogP contribution in [0.2, 0.25) is 0 Å². The largest absolute Gasteiger partial charge is 0.444 e. The van der Waals surface area contributed by atoms with E-state index in [0.29, 0.717) is 6.04 Å². The van der Waals surface area contributed by atoms with Gasteiger partial charge in [-0.15, -0.1) is 0 Å². The Morgan fingerprint density at radius 1 is 1.35 bits per heavy atom. The molecule has 1 rings (SSSR count). The summed E-state index contributed by atoms with van der Waals surface area (Å²) in [4.78, 5) is 13.6. The lowest BCUT2D eigenvalue weighted by molar-refractivity contribution is 0.00496. The highest BCUT2D eigenvalue weighted by molar-refractivity contribution is 5.69. The number of amides is 1. The Kier molecular flexibility index (Phi) is 6.80. The summed E-state index contributed by atoms with van der Waals surface area (Å²) >= 11 is 0. The smallest absolute Gasteiger partial charge is 0.410 e. The van der Waals surface area contributed by atoms with Crippen LogP contribution in [0.25, 0.3) is 0 Å². The summed E-state index contributed by atoms with van der Waals surface area (Å²) in [6.07, 6.45) is 4.94. The molecule has 0 spiro atoms. The van der Waals surface area contributed by atoms with Crippen molar-refractivity contribution in [1.29, 1.82) is 0 Å². The van der Waals surface area contributed by atoms with Gasteiger partial charge in [0.05, 0.1) is 0 Å². The molecule has 0 aromatic rings. The lowest BCUT2D eigenvalue weighted by atomic mass is 9.98. The average Bonchev–Trinajstić information content (AvgIpc) is 2.28. The first kappa shape index (κ1) is 17.3. The molecule has 0 bridgehead atoms. The van der Waals surface area contributed by atoms with Gasteiger partial charge in [0.25, 0.3) is 0 Å². The highest BCUT2D eigenvalue weighted by Gasteiger charge is 2.33. The second kappa shape index (κ2) is 7.87. The minimum atomic E-state index is -0.400. The summed E-state index contributed by atoms with van der Waals surface area (Å²) in [5, 5.41) is 3.58. The molecule has 0 aromatic carbocycles. The van der Waals surface area contributed by atoms with E-state index in [1.165, 1.54) is 25.7 Å². The van der Waals surface area contributed by atoms with Gasteiger partial charge in [-0.2, -0.15) is 0 Å². The number of hydrogen-bond acceptors (Lipinski definition) is 3. The zero-order valence-electron chi connectivity index (χ0n) is 13.9. The van der Waals surface area contributed by atoms with Gasteiger partial charge in [0, 0.05) is 19.1 Å². The molecule has 0 saturated carbocycles. The maximum Gasteiger partial charge on any atom is 0.410 e. The lowest BCUT2D eigenvalue weighted by Gasteiger charge is -2.40. The molecule has 1 saturated heterocycles. The molecule has 1 unspecified atom stereocenters. The van der Waals surface area contributed by atoms with E-state index < -0.39 is 5.60 Å². The maximum atomic E-state index is 11.8. The van der Waals surface area contributed by atoms with E-state index >= 15 is 0 Å². The SMILES string of the molecule is CCCCC(CC)CNC1CN(C(=O)OC(C)(C)C)C1. The second-order valence-electron chi connectivity index (χ2n) is 6.91. The van der Waals surface area contributed by atoms with E-state index in [9.17, 15) is 4.79 Å². The van der Waals surface area contributed by atoms with Crippen LogP contribution < -0.4 is 5.32 Å². The molecule has 20 heavy (non-hydrogen) atoms. The molecule has 118 valence electrons. The van der Waals surface area contributed by atoms with Crippen LogP contribution in [-0.2, 0) is 4.74 Å². The quantitative estimate of drug-likeness (QED) is 0.779. The van der Waals surface area contributed by atoms with Crippen molar-refractivity contribution < 1.29 is 9.53 Å². The Balaban J connectivity index is 2.17. The van der Waals surface area contributed by atoms with Crippen LogP contribution in [0.1, 0.15) is 60.3 Å². The van der Waals surface area contributed by atoms with Crippen LogP contribution >= 0.6 is 0 Å². The van der Waals surface area contributed by atoms with Gasteiger partial charge in [0.1, 0.15) is 5.60 Å². The lowest BCUT2D eigenvalue weighted by Crippen LogP contribution is -2.61. The van der Waals surface area contributed by atoms with Crippen LogP contribution in [0.5, 0.6) is 0 Å². The van der Waals surface area contributed by atoms with Gasteiger partial charge in [0.2, 0.25) is 0 Å². The third-order valence-corrected chi connectivity index (χ3v) is 3.77. The fourth-order valence-electron chi connectivity index (χ4n) is 2.36. The van der Waals surface area contributed by atoms with Gasteiger partial charge < -0.3 is 15.0 Å². The summed E-state index contributed by atoms with van der Waals surface area (Å²) in [6, 6.07) is 0.443. The molecule has 1 fully saturated rings. The normalized spacial score (nSPS) is 17.8. The number of nitrogens with zero attached hydrogens (tertiary/aromatic N) is 1. The fraction of sp³-hybridized carbons (Fsp3) is 0.938. The molecular weight excluding hydrogens is 252 g/mol. The number of rotatable bonds is 7. The number of nitrogens with one attached hydrogen (secondary N) is 1. The predicted octanol–water partition coefficient (Wildman–Crippen LogP) is 3.41. The predicted molar refractivity (Wildman–Crippen MR) is 82.9 cm³/mol. The van der Waals surface area contributed by atoms with Crippen LogP contribution in [-0.4, -0.2) is 42.3 Å². The molecule has 0 aromatic heterocycles. The van der Waals surface area contributed by atoms with Crippen molar-refractivity contribution in [1.82, 2.24) is 10.2 Å². The summed E-state index contributed by atoms with van der Waals surface area (Å²) < 4.78 is 5.35. The van der Waals surface area contributed by atoms with Crippen molar-refractivity contribution in [3.05, 3.63) is 0 Å². The number of hydrogen-bond donors (Lipinski definition) is 1. The minimum absolute atomic E-state index is 0.187. The third kappa shape index (κ3) is 6.12. The number of ether oxygens (including phenoxy) is 1. The standard InChI is InChI=1S/C16H32N2O2/c1-6-8-9-13(7-2)10-17-14-11-18(12-14)15(19)20-16(3,4)5/h13-14,17H,6-12H2,1-5H3. The van der Waals surface area contributed by atoms with Crippen LogP contribution in [0.4, 0.5) is 4.79 Å². The number of carbonyl (C=O) groups excluding carboxylic acids is 1. The molecule has 0 aliphatic carbocycles. The molecule has 1 aliphatic heterocycles. The van der Waals surface area contributed by atoms with E-state index in [1.807, 2.05) is 20.8 Å². The second-order valence-corrected chi connectivity index (χ2v) is 6.91. The molecule has 1 atom stereocenters. The van der Waals surface area contributed by atoms with E-state index in [1.54, 1.807) is 4.90 Å². The monoisotopic (exact) mass is 284 g/mol. The Bertz CT molecular complexity index is 293. The van der Waals surface area contributed by atoms with Gasteiger partial charge in [-0.3, -0.25) is 0 Å². The van der Waals surface area contributed by atoms with Crippen LogP contribution in [0.15, 0.2) is 0 Å². The van der Waals surface area contributed by atoms with E-state index in [-0.39, 0.29) is 6.09 Å². The highest BCUT2D eigenvalue weighted by atomic mass is 16.6. The van der Waals surface area contributed by atoms with Crippen molar-refractivity contribution in [2.24, 2.45) is 5.92 Å². The number of unbranched alkanes of at least 4 members (excludes halogenated alkanes) is 1. The summed E-state index contributed by atoms with van der Waals surface area (Å²) in [5.41, 5.74) is -0.400. The molecule has 4 nitrogen and oxygen atoms in total. The maximum absolute atomic E-state index is 11.8. The van der Waals surface area contributed by atoms with Gasteiger partial charge >= 0.3 is 6.09 Å². The first-order chi connectivity index (χ1) is 9.35. The zero-order chi connectivity index (χ0) is 15.2. The summed E-state index contributed by atoms with van der Waals surface area (Å²) in [7, 11) is 0. The summed E-state index contributed by atoms with van der Waals surface area (Å²) in [5.74, 6) is 0.769. The third-order valence-electron chi connectivity index (χ3n) is 3.77. The first-order valence-electron chi connectivity index (χ1n) is 8.07. The molecule has 1 amide bonds. The highest BCUT2D eigenvalue weighted by Crippen LogP contribution is 2.16. The van der Waals surface area contributed by atoms with E-state index in [2.05, 4.69) is 19.2 Å². The van der Waals surface area contributed by atoms with Crippen LogP contribution in [0.3, 0.4) is 0 Å². The Morgan fingerprint density at radius 3 is 2.50 bits per heavy atom. The van der Waals surface area contributed by atoms with E-state index in [4.69, 9.17) is 4.74 Å². The topological polar surface area (TPSA) is 41.6 Å². The van der Waals surface area contributed by atoms with Crippen molar-refractivity contribution in [3.63, 3.8) is 0 Å².